The van der Waals surface area contributed by atoms with Crippen molar-refractivity contribution in [1.29, 1.82) is 0 Å². The highest BCUT2D eigenvalue weighted by molar-refractivity contribution is 7.89. The van der Waals surface area contributed by atoms with E-state index < -0.39 is 10.0 Å². The fourth-order valence-electron chi connectivity index (χ4n) is 3.31. The molecule has 0 radical (unpaired) electrons. The lowest BCUT2D eigenvalue weighted by molar-refractivity contribution is 0.597. The van der Waals surface area contributed by atoms with Gasteiger partial charge in [0, 0.05) is 25.7 Å². The number of fused-ring (bicyclic) bond motifs is 1. The van der Waals surface area contributed by atoms with Crippen LogP contribution in [0.4, 0.5) is 11.6 Å². The SMILES string of the molecule is NS(=O)(=O)c1ccc2c(c1)CN(c1cc(NCc3ccccc3)ncn1)CC2. The third kappa shape index (κ3) is 4.13. The molecular formula is C20H21N5O2S. The minimum absolute atomic E-state index is 0.140. The number of primary sulfonamides is 1. The van der Waals surface area contributed by atoms with Crippen molar-refractivity contribution in [2.75, 3.05) is 16.8 Å². The van der Waals surface area contributed by atoms with Crippen LogP contribution in [0.25, 0.3) is 0 Å². The quantitative estimate of drug-likeness (QED) is 0.687. The lowest BCUT2D eigenvalue weighted by Gasteiger charge is -2.30. The second kappa shape index (κ2) is 7.57. The minimum Gasteiger partial charge on any atom is -0.366 e. The van der Waals surface area contributed by atoms with E-state index in [9.17, 15) is 8.42 Å². The number of aromatic nitrogens is 2. The fraction of sp³-hybridized carbons (Fsp3) is 0.200. The third-order valence-electron chi connectivity index (χ3n) is 4.81. The van der Waals surface area contributed by atoms with Crippen LogP contribution in [0, 0.1) is 0 Å². The molecule has 0 bridgehead atoms. The van der Waals surface area contributed by atoms with Gasteiger partial charge in [0.1, 0.15) is 18.0 Å². The zero-order chi connectivity index (χ0) is 19.6. The van der Waals surface area contributed by atoms with Crippen molar-refractivity contribution in [3.05, 3.63) is 77.6 Å². The van der Waals surface area contributed by atoms with E-state index in [0.717, 1.165) is 35.7 Å². The molecule has 0 amide bonds. The van der Waals surface area contributed by atoms with E-state index in [2.05, 4.69) is 32.3 Å². The first-order chi connectivity index (χ1) is 13.5. The van der Waals surface area contributed by atoms with Crippen molar-refractivity contribution in [3.8, 4) is 0 Å². The highest BCUT2D eigenvalue weighted by Crippen LogP contribution is 2.26. The van der Waals surface area contributed by atoms with Crippen LogP contribution < -0.4 is 15.4 Å². The lowest BCUT2D eigenvalue weighted by Crippen LogP contribution is -2.31. The maximum absolute atomic E-state index is 11.6. The molecule has 0 saturated heterocycles. The highest BCUT2D eigenvalue weighted by atomic mass is 32.2. The maximum atomic E-state index is 11.6. The summed E-state index contributed by atoms with van der Waals surface area (Å²) in [5.41, 5.74) is 3.26. The molecule has 4 rings (SSSR count). The smallest absolute Gasteiger partial charge is 0.238 e. The molecule has 2 aromatic carbocycles. The number of nitrogens with two attached hydrogens (primary N) is 1. The van der Waals surface area contributed by atoms with Crippen LogP contribution in [-0.4, -0.2) is 24.9 Å². The van der Waals surface area contributed by atoms with Crippen molar-refractivity contribution >= 4 is 21.7 Å². The molecule has 2 heterocycles. The van der Waals surface area contributed by atoms with E-state index in [4.69, 9.17) is 5.14 Å². The van der Waals surface area contributed by atoms with E-state index in [0.29, 0.717) is 13.1 Å². The average molecular weight is 395 g/mol. The molecular weight excluding hydrogens is 374 g/mol. The van der Waals surface area contributed by atoms with Crippen LogP contribution in [0.15, 0.2) is 65.8 Å². The van der Waals surface area contributed by atoms with Gasteiger partial charge in [-0.1, -0.05) is 36.4 Å². The first-order valence-electron chi connectivity index (χ1n) is 8.98. The van der Waals surface area contributed by atoms with Gasteiger partial charge in [-0.3, -0.25) is 0 Å². The lowest BCUT2D eigenvalue weighted by atomic mass is 10.00. The summed E-state index contributed by atoms with van der Waals surface area (Å²) in [6.07, 6.45) is 2.36. The van der Waals surface area contributed by atoms with E-state index in [1.807, 2.05) is 30.3 Å². The fourth-order valence-corrected chi connectivity index (χ4v) is 3.88. The summed E-state index contributed by atoms with van der Waals surface area (Å²) in [7, 11) is -3.71. The van der Waals surface area contributed by atoms with Crippen molar-refractivity contribution in [2.45, 2.75) is 24.4 Å². The highest BCUT2D eigenvalue weighted by Gasteiger charge is 2.20. The largest absolute Gasteiger partial charge is 0.366 e. The van der Waals surface area contributed by atoms with Gasteiger partial charge in [-0.2, -0.15) is 0 Å². The predicted octanol–water partition coefficient (Wildman–Crippen LogP) is 2.30. The number of anilines is 2. The molecule has 0 atom stereocenters. The van der Waals surface area contributed by atoms with Crippen LogP contribution >= 0.6 is 0 Å². The van der Waals surface area contributed by atoms with Gasteiger partial charge in [-0.05, 0) is 35.2 Å². The summed E-state index contributed by atoms with van der Waals surface area (Å²) in [6, 6.07) is 17.1. The monoisotopic (exact) mass is 395 g/mol. The molecule has 3 aromatic rings. The van der Waals surface area contributed by atoms with Gasteiger partial charge in [-0.15, -0.1) is 0 Å². The summed E-state index contributed by atoms with van der Waals surface area (Å²) >= 11 is 0. The summed E-state index contributed by atoms with van der Waals surface area (Å²) < 4.78 is 23.3. The number of nitrogens with zero attached hydrogens (tertiary/aromatic N) is 3. The van der Waals surface area contributed by atoms with Crippen molar-refractivity contribution in [3.63, 3.8) is 0 Å². The van der Waals surface area contributed by atoms with Crippen LogP contribution in [-0.2, 0) is 29.5 Å². The van der Waals surface area contributed by atoms with Crippen molar-refractivity contribution in [1.82, 2.24) is 9.97 Å². The number of nitrogens with one attached hydrogen (secondary N) is 1. The standard InChI is InChI=1S/C20H21N5O2S/c21-28(26,27)18-7-6-16-8-9-25(13-17(16)10-18)20-11-19(23-14-24-20)22-12-15-4-2-1-3-5-15/h1-7,10-11,14H,8-9,12-13H2,(H2,21,26,27)(H,22,23,24). The second-order valence-corrected chi connectivity index (χ2v) is 8.31. The number of rotatable bonds is 5. The molecule has 0 aliphatic carbocycles. The van der Waals surface area contributed by atoms with E-state index in [1.54, 1.807) is 18.5 Å². The second-order valence-electron chi connectivity index (χ2n) is 6.75. The van der Waals surface area contributed by atoms with Gasteiger partial charge < -0.3 is 10.2 Å². The molecule has 1 aliphatic rings. The van der Waals surface area contributed by atoms with E-state index in [1.165, 1.54) is 5.56 Å². The molecule has 8 heteroatoms. The molecule has 3 N–H and O–H groups in total. The number of hydrogen-bond donors (Lipinski definition) is 2. The summed E-state index contributed by atoms with van der Waals surface area (Å²) in [4.78, 5) is 10.9. The molecule has 1 aliphatic heterocycles. The first-order valence-corrected chi connectivity index (χ1v) is 10.5. The number of sulfonamides is 1. The Bertz CT molecular complexity index is 1090. The van der Waals surface area contributed by atoms with Gasteiger partial charge in [0.2, 0.25) is 10.0 Å². The van der Waals surface area contributed by atoms with Crippen molar-refractivity contribution in [2.24, 2.45) is 5.14 Å². The molecule has 0 spiro atoms. The summed E-state index contributed by atoms with van der Waals surface area (Å²) in [6.45, 7) is 2.06. The molecule has 0 saturated carbocycles. The Kier molecular flexibility index (Phi) is 4.97. The molecule has 0 unspecified atom stereocenters. The first kappa shape index (κ1) is 18.4. The Hall–Kier alpha value is -2.97. The average Bonchev–Trinajstić information content (AvgIpc) is 2.72. The Morgan fingerprint density at radius 1 is 1.04 bits per heavy atom. The zero-order valence-electron chi connectivity index (χ0n) is 15.2. The summed E-state index contributed by atoms with van der Waals surface area (Å²) in [5, 5.41) is 8.58. The third-order valence-corrected chi connectivity index (χ3v) is 5.72. The Morgan fingerprint density at radius 2 is 1.86 bits per heavy atom. The van der Waals surface area contributed by atoms with Crippen LogP contribution in [0.3, 0.4) is 0 Å². The predicted molar refractivity (Wildman–Crippen MR) is 108 cm³/mol. The minimum atomic E-state index is -3.71. The van der Waals surface area contributed by atoms with Gasteiger partial charge in [0.25, 0.3) is 0 Å². The normalized spacial score (nSPS) is 13.8. The van der Waals surface area contributed by atoms with E-state index >= 15 is 0 Å². The Morgan fingerprint density at radius 3 is 2.64 bits per heavy atom. The molecule has 1 aromatic heterocycles. The summed E-state index contributed by atoms with van der Waals surface area (Å²) in [5.74, 6) is 1.55. The molecule has 7 nitrogen and oxygen atoms in total. The van der Waals surface area contributed by atoms with Crippen LogP contribution in [0.1, 0.15) is 16.7 Å². The number of hydrogen-bond acceptors (Lipinski definition) is 6. The van der Waals surface area contributed by atoms with Crippen LogP contribution in [0.2, 0.25) is 0 Å². The topological polar surface area (TPSA) is 101 Å². The van der Waals surface area contributed by atoms with Gasteiger partial charge in [-0.25, -0.2) is 23.5 Å². The Balaban J connectivity index is 1.51. The maximum Gasteiger partial charge on any atom is 0.238 e. The van der Waals surface area contributed by atoms with E-state index in [-0.39, 0.29) is 4.90 Å². The van der Waals surface area contributed by atoms with Gasteiger partial charge >= 0.3 is 0 Å². The van der Waals surface area contributed by atoms with Gasteiger partial charge in [0.15, 0.2) is 0 Å². The molecule has 144 valence electrons. The molecule has 28 heavy (non-hydrogen) atoms. The Labute approximate surface area is 164 Å². The van der Waals surface area contributed by atoms with Crippen LogP contribution in [0.5, 0.6) is 0 Å². The van der Waals surface area contributed by atoms with Gasteiger partial charge in [0.05, 0.1) is 4.90 Å². The van der Waals surface area contributed by atoms with Crippen molar-refractivity contribution < 1.29 is 8.42 Å². The zero-order valence-corrected chi connectivity index (χ0v) is 16.1. The number of benzene rings is 2. The molecule has 0 fully saturated rings.